The molecule has 2 atom stereocenters. The van der Waals surface area contributed by atoms with Crippen molar-refractivity contribution in [3.8, 4) is 0 Å². The van der Waals surface area contributed by atoms with Crippen LogP contribution in [0.3, 0.4) is 0 Å². The summed E-state index contributed by atoms with van der Waals surface area (Å²) < 4.78 is 0. The smallest absolute Gasteiger partial charge is 0.143 e. The van der Waals surface area contributed by atoms with Gasteiger partial charge in [0.15, 0.2) is 0 Å². The van der Waals surface area contributed by atoms with Gasteiger partial charge in [-0.1, -0.05) is 18.2 Å². The summed E-state index contributed by atoms with van der Waals surface area (Å²) in [5.74, 6) is 0.782. The van der Waals surface area contributed by atoms with Gasteiger partial charge in [0.05, 0.1) is 36.1 Å². The van der Waals surface area contributed by atoms with Gasteiger partial charge in [-0.05, 0) is 38.0 Å². The number of nitrogens with zero attached hydrogens (tertiary/aromatic N) is 7. The minimum atomic E-state index is -0.352. The second-order valence-corrected chi connectivity index (χ2v) is 7.48. The Balaban J connectivity index is 1.44. The Morgan fingerprint density at radius 2 is 2.00 bits per heavy atom. The molecule has 1 N–H and O–H groups in total. The highest BCUT2D eigenvalue weighted by Crippen LogP contribution is 2.32. The first-order valence-corrected chi connectivity index (χ1v) is 9.77. The second-order valence-electron chi connectivity index (χ2n) is 7.48. The maximum atomic E-state index is 10.3. The molecule has 0 amide bonds. The molecule has 1 saturated heterocycles. The van der Waals surface area contributed by atoms with Crippen LogP contribution in [0.4, 0.5) is 0 Å². The number of aryl methyl sites for hydroxylation is 1. The fraction of sp³-hybridized carbons (Fsp3) is 0.333. The van der Waals surface area contributed by atoms with Crippen molar-refractivity contribution in [1.82, 2.24) is 14.9 Å². The average Bonchev–Trinajstić information content (AvgIpc) is 3.41. The summed E-state index contributed by atoms with van der Waals surface area (Å²) in [6.45, 7) is 3.36. The van der Waals surface area contributed by atoms with Crippen molar-refractivity contribution in [2.75, 3.05) is 6.54 Å². The highest BCUT2D eigenvalue weighted by atomic mass is 16.3. The number of fused-ring (bicyclic) bond motifs is 1. The van der Waals surface area contributed by atoms with Crippen LogP contribution < -0.4 is 0 Å². The van der Waals surface area contributed by atoms with E-state index >= 15 is 0 Å². The number of aliphatic hydroxyl groups is 1. The Kier molecular flexibility index (Phi) is 4.57. The first-order chi connectivity index (χ1) is 14.2. The zero-order valence-corrected chi connectivity index (χ0v) is 16.1. The molecule has 146 valence electrons. The Morgan fingerprint density at radius 3 is 2.86 bits per heavy atom. The third-order valence-electron chi connectivity index (χ3n) is 5.50. The van der Waals surface area contributed by atoms with Crippen LogP contribution in [-0.2, 0) is 6.54 Å². The minimum absolute atomic E-state index is 0.0432. The molecule has 2 unspecified atom stereocenters. The van der Waals surface area contributed by atoms with Crippen molar-refractivity contribution in [2.45, 2.75) is 38.5 Å². The summed E-state index contributed by atoms with van der Waals surface area (Å²) in [6, 6.07) is 8.01. The molecule has 0 saturated carbocycles. The standard InChI is InChI=1S/C21H21N7O/c1-13-15-4-2-3-5-16(15)24-21(23-13)12-28-9-7-14(29)10-20(28)19-11-18(26-27-19)17-6-8-22-25-17/h2-6,8,11,14,20,29H,7,9-10,12H2,1H3. The van der Waals surface area contributed by atoms with Crippen molar-refractivity contribution in [3.63, 3.8) is 0 Å². The van der Waals surface area contributed by atoms with Crippen LogP contribution in [0.15, 0.2) is 80.2 Å². The Labute approximate surface area is 168 Å². The fourth-order valence-corrected chi connectivity index (χ4v) is 4.01. The predicted octanol–water partition coefficient (Wildman–Crippen LogP) is 3.80. The molecule has 1 aromatic heterocycles. The lowest BCUT2D eigenvalue weighted by atomic mass is 9.96. The van der Waals surface area contributed by atoms with E-state index in [-0.39, 0.29) is 12.1 Å². The number of aliphatic hydroxyl groups excluding tert-OH is 1. The summed E-state index contributed by atoms with van der Waals surface area (Å²) in [4.78, 5) is 11.8. The maximum absolute atomic E-state index is 10.3. The quantitative estimate of drug-likeness (QED) is 0.866. The molecule has 8 heteroatoms. The van der Waals surface area contributed by atoms with Gasteiger partial charge < -0.3 is 5.11 Å². The lowest BCUT2D eigenvalue weighted by Gasteiger charge is -2.37. The third kappa shape index (κ3) is 3.52. The lowest BCUT2D eigenvalue weighted by molar-refractivity contribution is 0.0485. The molecule has 2 aromatic rings. The lowest BCUT2D eigenvalue weighted by Crippen LogP contribution is -2.44. The SMILES string of the molecule is Cc1nc(CN2CCC(O)CC2C2=CC(=C3C=CN=N3)N=N2)nc2ccccc12. The molecule has 0 spiro atoms. The zero-order valence-electron chi connectivity index (χ0n) is 16.1. The van der Waals surface area contributed by atoms with Crippen molar-refractivity contribution in [1.29, 1.82) is 0 Å². The Bertz CT molecular complexity index is 1100. The first-order valence-electron chi connectivity index (χ1n) is 9.77. The number of benzene rings is 1. The summed E-state index contributed by atoms with van der Waals surface area (Å²) in [6.07, 6.45) is 6.36. The van der Waals surface area contributed by atoms with Gasteiger partial charge in [-0.3, -0.25) is 4.90 Å². The van der Waals surface area contributed by atoms with Crippen LogP contribution in [0.2, 0.25) is 0 Å². The van der Waals surface area contributed by atoms with Gasteiger partial charge in [-0.2, -0.15) is 10.2 Å². The number of hydrogen-bond acceptors (Lipinski definition) is 8. The van der Waals surface area contributed by atoms with Gasteiger partial charge >= 0.3 is 0 Å². The molecular weight excluding hydrogens is 366 g/mol. The molecule has 5 rings (SSSR count). The number of likely N-dealkylation sites (tertiary alicyclic amines) is 1. The fourth-order valence-electron chi connectivity index (χ4n) is 4.01. The van der Waals surface area contributed by atoms with Crippen LogP contribution in [0.5, 0.6) is 0 Å². The molecule has 0 bridgehead atoms. The summed E-state index contributed by atoms with van der Waals surface area (Å²) in [5.41, 5.74) is 4.17. The van der Waals surface area contributed by atoms with E-state index in [4.69, 9.17) is 9.97 Å². The number of para-hydroxylation sites is 1. The molecule has 0 radical (unpaired) electrons. The van der Waals surface area contributed by atoms with Gasteiger partial charge in [0, 0.05) is 17.6 Å². The van der Waals surface area contributed by atoms with Crippen molar-refractivity contribution >= 4 is 10.9 Å². The highest BCUT2D eigenvalue weighted by molar-refractivity contribution is 5.80. The number of rotatable bonds is 3. The molecule has 1 fully saturated rings. The van der Waals surface area contributed by atoms with Gasteiger partial charge in [0.25, 0.3) is 0 Å². The maximum Gasteiger partial charge on any atom is 0.143 e. The van der Waals surface area contributed by atoms with Crippen LogP contribution in [-0.4, -0.2) is 38.7 Å². The normalized spacial score (nSPS) is 26.6. The largest absolute Gasteiger partial charge is 0.393 e. The van der Waals surface area contributed by atoms with E-state index in [0.29, 0.717) is 24.4 Å². The Morgan fingerprint density at radius 1 is 1.10 bits per heavy atom. The van der Waals surface area contributed by atoms with Crippen LogP contribution in [0.25, 0.3) is 10.9 Å². The summed E-state index contributed by atoms with van der Waals surface area (Å²) >= 11 is 0. The molecule has 4 heterocycles. The number of hydrogen-bond donors (Lipinski definition) is 1. The molecule has 3 aliphatic rings. The average molecular weight is 387 g/mol. The molecule has 0 aliphatic carbocycles. The zero-order chi connectivity index (χ0) is 19.8. The van der Waals surface area contributed by atoms with E-state index in [1.165, 1.54) is 0 Å². The van der Waals surface area contributed by atoms with E-state index in [1.807, 2.05) is 43.3 Å². The van der Waals surface area contributed by atoms with Gasteiger partial charge in [0.2, 0.25) is 0 Å². The topological polar surface area (TPSA) is 98.7 Å². The van der Waals surface area contributed by atoms with Gasteiger partial charge in [0.1, 0.15) is 17.2 Å². The van der Waals surface area contributed by atoms with Crippen LogP contribution in [0, 0.1) is 6.92 Å². The Hall–Kier alpha value is -3.10. The van der Waals surface area contributed by atoms with E-state index in [2.05, 4.69) is 25.4 Å². The van der Waals surface area contributed by atoms with E-state index < -0.39 is 0 Å². The predicted molar refractivity (Wildman–Crippen MR) is 108 cm³/mol. The molecule has 8 nitrogen and oxygen atoms in total. The van der Waals surface area contributed by atoms with Gasteiger partial charge in [-0.15, -0.1) is 10.2 Å². The summed E-state index contributed by atoms with van der Waals surface area (Å²) in [5, 5.41) is 27.9. The van der Waals surface area contributed by atoms with Crippen LogP contribution >= 0.6 is 0 Å². The van der Waals surface area contributed by atoms with Crippen molar-refractivity contribution in [3.05, 3.63) is 71.2 Å². The summed E-state index contributed by atoms with van der Waals surface area (Å²) in [7, 11) is 0. The monoisotopic (exact) mass is 387 g/mol. The molecule has 29 heavy (non-hydrogen) atoms. The number of aromatic nitrogens is 2. The molecule has 3 aliphatic heterocycles. The van der Waals surface area contributed by atoms with E-state index in [9.17, 15) is 5.11 Å². The first kappa shape index (κ1) is 18.0. The van der Waals surface area contributed by atoms with Crippen LogP contribution in [0.1, 0.15) is 24.4 Å². The van der Waals surface area contributed by atoms with Crippen molar-refractivity contribution in [2.24, 2.45) is 20.5 Å². The van der Waals surface area contributed by atoms with Crippen molar-refractivity contribution < 1.29 is 5.11 Å². The number of allylic oxidation sites excluding steroid dienone is 2. The molecular formula is C21H21N7O. The third-order valence-corrected chi connectivity index (χ3v) is 5.50. The number of azo groups is 2. The second kappa shape index (κ2) is 7.38. The number of piperidine rings is 1. The molecule has 1 aromatic carbocycles. The van der Waals surface area contributed by atoms with E-state index in [0.717, 1.165) is 41.1 Å². The highest BCUT2D eigenvalue weighted by Gasteiger charge is 2.32. The minimum Gasteiger partial charge on any atom is -0.393 e. The van der Waals surface area contributed by atoms with Gasteiger partial charge in [-0.25, -0.2) is 9.97 Å². The van der Waals surface area contributed by atoms with E-state index in [1.54, 1.807) is 6.20 Å².